The largest absolute Gasteiger partial charge is 0.320 e. The van der Waals surface area contributed by atoms with Crippen LogP contribution >= 0.6 is 11.8 Å². The van der Waals surface area contributed by atoms with Gasteiger partial charge in [0.1, 0.15) is 16.0 Å². The standard InChI is InChI=1S/C19H17N3O4S/c1-11-3-6-13(7-4-11)19-21-18(24)16(27-19)10-17(23)20-14-8-5-12(2)9-15(14)22(25)26/h3-9,16H,10H2,1-2H3,(H,20,23)/t16-/m0/s1. The summed E-state index contributed by atoms with van der Waals surface area (Å²) in [7, 11) is 0. The predicted molar refractivity (Wildman–Crippen MR) is 105 cm³/mol. The maximum Gasteiger partial charge on any atom is 0.293 e. The number of amides is 2. The number of nitrogens with zero attached hydrogens (tertiary/aromatic N) is 2. The van der Waals surface area contributed by atoms with Gasteiger partial charge >= 0.3 is 0 Å². The maximum atomic E-state index is 12.3. The molecule has 0 spiro atoms. The van der Waals surface area contributed by atoms with Crippen LogP contribution in [-0.2, 0) is 9.59 Å². The first-order chi connectivity index (χ1) is 12.8. The van der Waals surface area contributed by atoms with Crippen LogP contribution in [0.1, 0.15) is 23.1 Å². The van der Waals surface area contributed by atoms with Crippen LogP contribution in [0.15, 0.2) is 47.5 Å². The number of rotatable bonds is 5. The molecule has 0 saturated heterocycles. The number of aryl methyl sites for hydroxylation is 2. The molecule has 138 valence electrons. The third-order valence-electron chi connectivity index (χ3n) is 4.03. The Labute approximate surface area is 160 Å². The van der Waals surface area contributed by atoms with Gasteiger partial charge in [-0.3, -0.25) is 19.7 Å². The molecule has 0 aromatic heterocycles. The van der Waals surface area contributed by atoms with Crippen LogP contribution in [-0.4, -0.2) is 27.0 Å². The Kier molecular flexibility index (Phi) is 5.36. The Morgan fingerprint density at radius 3 is 2.52 bits per heavy atom. The predicted octanol–water partition coefficient (Wildman–Crippen LogP) is 3.63. The van der Waals surface area contributed by atoms with E-state index in [4.69, 9.17) is 0 Å². The minimum absolute atomic E-state index is 0.104. The quantitative estimate of drug-likeness (QED) is 0.627. The number of carbonyl (C=O) groups excluding carboxylic acids is 2. The van der Waals surface area contributed by atoms with Gasteiger partial charge in [0.25, 0.3) is 11.6 Å². The zero-order chi connectivity index (χ0) is 19.6. The summed E-state index contributed by atoms with van der Waals surface area (Å²) in [5.41, 5.74) is 2.59. The second kappa shape index (κ2) is 7.71. The molecule has 0 saturated carbocycles. The second-order valence-corrected chi connectivity index (χ2v) is 7.45. The van der Waals surface area contributed by atoms with Crippen molar-refractivity contribution in [3.05, 3.63) is 69.3 Å². The van der Waals surface area contributed by atoms with Crippen molar-refractivity contribution in [1.29, 1.82) is 0 Å². The molecule has 0 radical (unpaired) electrons. The van der Waals surface area contributed by atoms with Crippen molar-refractivity contribution in [2.45, 2.75) is 25.5 Å². The summed E-state index contributed by atoms with van der Waals surface area (Å²) in [6.45, 7) is 3.70. The summed E-state index contributed by atoms with van der Waals surface area (Å²) < 4.78 is 0. The van der Waals surface area contributed by atoms with E-state index >= 15 is 0 Å². The molecule has 1 aliphatic rings. The molecule has 7 nitrogen and oxygen atoms in total. The molecule has 2 aromatic rings. The van der Waals surface area contributed by atoms with Crippen LogP contribution in [0, 0.1) is 24.0 Å². The Balaban J connectivity index is 1.67. The highest BCUT2D eigenvalue weighted by molar-refractivity contribution is 8.16. The van der Waals surface area contributed by atoms with Gasteiger partial charge in [-0.05, 0) is 25.5 Å². The van der Waals surface area contributed by atoms with E-state index in [2.05, 4.69) is 10.3 Å². The van der Waals surface area contributed by atoms with Crippen LogP contribution in [0.25, 0.3) is 0 Å². The summed E-state index contributed by atoms with van der Waals surface area (Å²) in [5.74, 6) is -0.836. The van der Waals surface area contributed by atoms with Gasteiger partial charge in [0.15, 0.2) is 0 Å². The molecule has 8 heteroatoms. The van der Waals surface area contributed by atoms with Crippen LogP contribution in [0.3, 0.4) is 0 Å². The van der Waals surface area contributed by atoms with Crippen molar-refractivity contribution in [2.75, 3.05) is 5.32 Å². The highest BCUT2D eigenvalue weighted by Crippen LogP contribution is 2.30. The lowest BCUT2D eigenvalue weighted by molar-refractivity contribution is -0.384. The number of carbonyl (C=O) groups is 2. The van der Waals surface area contributed by atoms with E-state index in [1.165, 1.54) is 23.9 Å². The van der Waals surface area contributed by atoms with E-state index in [9.17, 15) is 19.7 Å². The number of benzene rings is 2. The fraction of sp³-hybridized carbons (Fsp3) is 0.211. The average molecular weight is 383 g/mol. The van der Waals surface area contributed by atoms with Crippen LogP contribution < -0.4 is 5.32 Å². The normalized spacial score (nSPS) is 16.1. The van der Waals surface area contributed by atoms with Crippen molar-refractivity contribution in [2.24, 2.45) is 4.99 Å². The molecule has 1 N–H and O–H groups in total. The summed E-state index contributed by atoms with van der Waals surface area (Å²) in [5, 5.41) is 13.6. The van der Waals surface area contributed by atoms with Gasteiger partial charge in [0, 0.05) is 18.1 Å². The van der Waals surface area contributed by atoms with Gasteiger partial charge in [-0.1, -0.05) is 47.7 Å². The van der Waals surface area contributed by atoms with E-state index in [1.54, 1.807) is 13.0 Å². The van der Waals surface area contributed by atoms with E-state index < -0.39 is 16.1 Å². The average Bonchev–Trinajstić information content (AvgIpc) is 2.97. The van der Waals surface area contributed by atoms with Gasteiger partial charge in [0.05, 0.1) is 4.92 Å². The van der Waals surface area contributed by atoms with Gasteiger partial charge in [-0.2, -0.15) is 0 Å². The number of nitro benzene ring substituents is 1. The summed E-state index contributed by atoms with van der Waals surface area (Å²) in [6.07, 6.45) is -0.104. The topological polar surface area (TPSA) is 102 Å². The van der Waals surface area contributed by atoms with Crippen LogP contribution in [0.5, 0.6) is 0 Å². The van der Waals surface area contributed by atoms with E-state index in [1.807, 2.05) is 31.2 Å². The van der Waals surface area contributed by atoms with E-state index in [0.717, 1.165) is 16.7 Å². The smallest absolute Gasteiger partial charge is 0.293 e. The number of hydrogen-bond donors (Lipinski definition) is 1. The zero-order valence-corrected chi connectivity index (χ0v) is 15.6. The molecule has 0 unspecified atom stereocenters. The maximum absolute atomic E-state index is 12.3. The van der Waals surface area contributed by atoms with Crippen LogP contribution in [0.4, 0.5) is 11.4 Å². The Morgan fingerprint density at radius 2 is 1.85 bits per heavy atom. The molecule has 1 aliphatic heterocycles. The lowest BCUT2D eigenvalue weighted by Gasteiger charge is -2.09. The summed E-state index contributed by atoms with van der Waals surface area (Å²) in [4.78, 5) is 39.1. The summed E-state index contributed by atoms with van der Waals surface area (Å²) >= 11 is 1.24. The van der Waals surface area contributed by atoms with E-state index in [0.29, 0.717) is 5.04 Å². The highest BCUT2D eigenvalue weighted by Gasteiger charge is 2.31. The molecular formula is C19H17N3O4S. The Bertz CT molecular complexity index is 954. The van der Waals surface area contributed by atoms with Gasteiger partial charge in [-0.15, -0.1) is 0 Å². The molecule has 1 heterocycles. The Morgan fingerprint density at radius 1 is 1.19 bits per heavy atom. The first kappa shape index (κ1) is 18.8. The minimum atomic E-state index is -0.634. The fourth-order valence-corrected chi connectivity index (χ4v) is 3.68. The number of aliphatic imine (C=N–C) groups is 1. The molecule has 1 atom stereocenters. The van der Waals surface area contributed by atoms with Crippen molar-refractivity contribution in [3.8, 4) is 0 Å². The third kappa shape index (κ3) is 4.40. The van der Waals surface area contributed by atoms with Crippen molar-refractivity contribution >= 4 is 40.0 Å². The first-order valence-corrected chi connectivity index (χ1v) is 9.12. The molecule has 2 aromatic carbocycles. The molecule has 3 rings (SSSR count). The zero-order valence-electron chi connectivity index (χ0n) is 14.8. The van der Waals surface area contributed by atoms with E-state index in [-0.39, 0.29) is 23.7 Å². The molecule has 0 fully saturated rings. The number of nitrogens with one attached hydrogen (secondary N) is 1. The SMILES string of the molecule is Cc1ccc(C2=NC(=O)[C@H](CC(=O)Nc3ccc(C)cc3[N+](=O)[O-])S2)cc1. The highest BCUT2D eigenvalue weighted by atomic mass is 32.2. The first-order valence-electron chi connectivity index (χ1n) is 8.24. The third-order valence-corrected chi connectivity index (χ3v) is 5.24. The Hall–Kier alpha value is -3.00. The van der Waals surface area contributed by atoms with Crippen molar-refractivity contribution in [3.63, 3.8) is 0 Å². The lowest BCUT2D eigenvalue weighted by atomic mass is 10.2. The number of anilines is 1. The van der Waals surface area contributed by atoms with Gasteiger partial charge in [0.2, 0.25) is 5.91 Å². The molecule has 0 aliphatic carbocycles. The molecule has 27 heavy (non-hydrogen) atoms. The molecule has 0 bridgehead atoms. The number of thioether (sulfide) groups is 1. The van der Waals surface area contributed by atoms with Crippen LogP contribution in [0.2, 0.25) is 0 Å². The minimum Gasteiger partial charge on any atom is -0.320 e. The summed E-state index contributed by atoms with van der Waals surface area (Å²) in [6, 6.07) is 12.2. The van der Waals surface area contributed by atoms with Gasteiger partial charge < -0.3 is 5.32 Å². The number of nitro groups is 1. The lowest BCUT2D eigenvalue weighted by Crippen LogP contribution is -2.21. The molecular weight excluding hydrogens is 366 g/mol. The number of hydrogen-bond acceptors (Lipinski definition) is 5. The van der Waals surface area contributed by atoms with Crippen molar-refractivity contribution < 1.29 is 14.5 Å². The fourth-order valence-electron chi connectivity index (χ4n) is 2.61. The van der Waals surface area contributed by atoms with Gasteiger partial charge in [-0.25, -0.2) is 4.99 Å². The second-order valence-electron chi connectivity index (χ2n) is 6.26. The molecule has 2 amide bonds. The van der Waals surface area contributed by atoms with Crippen molar-refractivity contribution in [1.82, 2.24) is 0 Å². The monoisotopic (exact) mass is 383 g/mol.